The molecule has 0 fully saturated rings. The number of benzene rings is 1. The Morgan fingerprint density at radius 3 is 2.67 bits per heavy atom. The summed E-state index contributed by atoms with van der Waals surface area (Å²) in [7, 11) is 0. The Morgan fingerprint density at radius 2 is 2.04 bits per heavy atom. The van der Waals surface area contributed by atoms with Crippen LogP contribution in [-0.2, 0) is 0 Å². The molecule has 27 heavy (non-hydrogen) atoms. The van der Waals surface area contributed by atoms with E-state index in [4.69, 9.17) is 17.3 Å². The fraction of sp³-hybridized carbons (Fsp3) is 0.211. The SMILES string of the molecule is CCC(Sc1nsc(Nc2cccc(C)n2)c1C(N)=O)c1ccc(Cl)cc1. The molecule has 2 heterocycles. The van der Waals surface area contributed by atoms with E-state index in [0.717, 1.165) is 17.7 Å². The minimum atomic E-state index is -0.507. The number of hydrogen-bond donors (Lipinski definition) is 2. The molecule has 2 aromatic heterocycles. The van der Waals surface area contributed by atoms with Gasteiger partial charge in [0.05, 0.1) is 0 Å². The summed E-state index contributed by atoms with van der Waals surface area (Å²) in [5, 5.41) is 5.24. The van der Waals surface area contributed by atoms with Gasteiger partial charge in [0, 0.05) is 16.0 Å². The van der Waals surface area contributed by atoms with Crippen LogP contribution in [0.4, 0.5) is 10.8 Å². The zero-order valence-electron chi connectivity index (χ0n) is 14.9. The number of carbonyl (C=O) groups excluding carboxylic acids is 1. The lowest BCUT2D eigenvalue weighted by Gasteiger charge is -2.14. The highest BCUT2D eigenvalue weighted by Gasteiger charge is 2.23. The molecule has 0 saturated carbocycles. The summed E-state index contributed by atoms with van der Waals surface area (Å²) in [6.07, 6.45) is 0.879. The Morgan fingerprint density at radius 1 is 1.30 bits per heavy atom. The van der Waals surface area contributed by atoms with E-state index in [2.05, 4.69) is 21.6 Å². The molecule has 0 aliphatic heterocycles. The monoisotopic (exact) mass is 418 g/mol. The number of aromatic nitrogens is 2. The van der Waals surface area contributed by atoms with Gasteiger partial charge in [-0.05, 0) is 54.7 Å². The zero-order chi connectivity index (χ0) is 19.4. The number of amides is 1. The third-order valence-electron chi connectivity index (χ3n) is 3.90. The summed E-state index contributed by atoms with van der Waals surface area (Å²) in [5.74, 6) is 0.148. The van der Waals surface area contributed by atoms with Crippen molar-refractivity contribution in [2.75, 3.05) is 5.32 Å². The van der Waals surface area contributed by atoms with E-state index in [9.17, 15) is 4.79 Å². The van der Waals surface area contributed by atoms with Crippen LogP contribution in [0.15, 0.2) is 47.5 Å². The number of carbonyl (C=O) groups is 1. The second-order valence-corrected chi connectivity index (χ2v) is 8.31. The molecule has 140 valence electrons. The van der Waals surface area contributed by atoms with Crippen molar-refractivity contribution in [2.45, 2.75) is 30.5 Å². The minimum Gasteiger partial charge on any atom is -0.365 e. The van der Waals surface area contributed by atoms with Crippen LogP contribution in [0.5, 0.6) is 0 Å². The third kappa shape index (κ3) is 4.80. The first-order chi connectivity index (χ1) is 13.0. The minimum absolute atomic E-state index is 0.146. The lowest BCUT2D eigenvalue weighted by molar-refractivity contribution is 0.0998. The Balaban J connectivity index is 1.88. The molecule has 3 rings (SSSR count). The number of hydrogen-bond acceptors (Lipinski definition) is 6. The molecule has 1 aromatic carbocycles. The molecule has 0 radical (unpaired) electrons. The highest BCUT2D eigenvalue weighted by Crippen LogP contribution is 2.42. The van der Waals surface area contributed by atoms with Gasteiger partial charge in [-0.3, -0.25) is 4.79 Å². The van der Waals surface area contributed by atoms with Crippen molar-refractivity contribution < 1.29 is 4.79 Å². The van der Waals surface area contributed by atoms with Crippen LogP contribution in [0.25, 0.3) is 0 Å². The van der Waals surface area contributed by atoms with Crippen molar-refractivity contribution in [3.8, 4) is 0 Å². The summed E-state index contributed by atoms with van der Waals surface area (Å²) in [4.78, 5) is 16.5. The summed E-state index contributed by atoms with van der Waals surface area (Å²) in [5.41, 5.74) is 8.07. The second kappa shape index (κ2) is 8.73. The molecule has 1 atom stereocenters. The Hall–Kier alpha value is -2.09. The van der Waals surface area contributed by atoms with Gasteiger partial charge in [0.25, 0.3) is 5.91 Å². The van der Waals surface area contributed by atoms with Crippen LogP contribution in [-0.4, -0.2) is 15.3 Å². The number of anilines is 2. The van der Waals surface area contributed by atoms with E-state index in [0.29, 0.717) is 26.4 Å². The first-order valence-electron chi connectivity index (χ1n) is 8.40. The normalized spacial score (nSPS) is 12.0. The number of pyridine rings is 1. The maximum absolute atomic E-state index is 12.1. The lowest BCUT2D eigenvalue weighted by Crippen LogP contribution is -2.13. The predicted octanol–water partition coefficient (Wildman–Crippen LogP) is 5.59. The van der Waals surface area contributed by atoms with E-state index in [1.807, 2.05) is 49.4 Å². The van der Waals surface area contributed by atoms with E-state index in [1.54, 1.807) is 0 Å². The van der Waals surface area contributed by atoms with Crippen LogP contribution < -0.4 is 11.1 Å². The molecule has 0 aliphatic carbocycles. The molecule has 3 aromatic rings. The molecule has 0 bridgehead atoms. The summed E-state index contributed by atoms with van der Waals surface area (Å²) >= 11 is 8.73. The average Bonchev–Trinajstić information content (AvgIpc) is 3.03. The van der Waals surface area contributed by atoms with Gasteiger partial charge in [-0.1, -0.05) is 48.5 Å². The third-order valence-corrected chi connectivity index (χ3v) is 6.44. The second-order valence-electron chi connectivity index (χ2n) is 5.91. The number of aryl methyl sites for hydroxylation is 1. The van der Waals surface area contributed by atoms with Crippen molar-refractivity contribution in [1.82, 2.24) is 9.36 Å². The molecule has 0 aliphatic rings. The molecule has 1 amide bonds. The molecular weight excluding hydrogens is 400 g/mol. The van der Waals surface area contributed by atoms with Crippen molar-refractivity contribution in [3.63, 3.8) is 0 Å². The number of nitrogens with two attached hydrogens (primary N) is 1. The fourth-order valence-corrected chi connectivity index (χ4v) is 4.82. The Bertz CT molecular complexity index is 943. The van der Waals surface area contributed by atoms with Gasteiger partial charge in [-0.25, -0.2) is 4.98 Å². The number of rotatable bonds is 7. The van der Waals surface area contributed by atoms with Crippen LogP contribution in [0, 0.1) is 6.92 Å². The highest BCUT2D eigenvalue weighted by atomic mass is 35.5. The number of nitrogens with zero attached hydrogens (tertiary/aromatic N) is 2. The molecule has 5 nitrogen and oxygen atoms in total. The first kappa shape index (κ1) is 19.7. The predicted molar refractivity (Wildman–Crippen MR) is 113 cm³/mol. The van der Waals surface area contributed by atoms with Crippen molar-refractivity contribution in [3.05, 3.63) is 64.3 Å². The lowest BCUT2D eigenvalue weighted by atomic mass is 10.1. The van der Waals surface area contributed by atoms with Crippen LogP contribution >= 0.6 is 34.9 Å². The molecule has 0 saturated heterocycles. The standard InChI is InChI=1S/C19H19ClN4OS2/c1-3-14(12-7-9-13(20)10-8-12)26-19-16(17(21)25)18(27-24-19)23-15-6-4-5-11(2)22-15/h4-10,14H,3H2,1-2H3,(H2,21,25)(H,22,23). The van der Waals surface area contributed by atoms with E-state index in [1.165, 1.54) is 23.3 Å². The van der Waals surface area contributed by atoms with Crippen LogP contribution in [0.2, 0.25) is 5.02 Å². The molecule has 3 N–H and O–H groups in total. The smallest absolute Gasteiger partial charge is 0.254 e. The summed E-state index contributed by atoms with van der Waals surface area (Å²) < 4.78 is 4.47. The highest BCUT2D eigenvalue weighted by molar-refractivity contribution is 7.99. The van der Waals surface area contributed by atoms with Gasteiger partial charge in [0.15, 0.2) is 0 Å². The largest absolute Gasteiger partial charge is 0.365 e. The van der Waals surface area contributed by atoms with Gasteiger partial charge >= 0.3 is 0 Å². The van der Waals surface area contributed by atoms with Gasteiger partial charge in [0.1, 0.15) is 21.4 Å². The summed E-state index contributed by atoms with van der Waals surface area (Å²) in [6.45, 7) is 4.00. The molecule has 1 unspecified atom stereocenters. The quantitative estimate of drug-likeness (QED) is 0.489. The van der Waals surface area contributed by atoms with E-state index < -0.39 is 5.91 Å². The zero-order valence-corrected chi connectivity index (χ0v) is 17.3. The van der Waals surface area contributed by atoms with Gasteiger partial charge < -0.3 is 11.1 Å². The number of nitrogens with one attached hydrogen (secondary N) is 1. The topological polar surface area (TPSA) is 80.9 Å². The van der Waals surface area contributed by atoms with Crippen LogP contribution in [0.3, 0.4) is 0 Å². The van der Waals surface area contributed by atoms with Gasteiger partial charge in [0.2, 0.25) is 0 Å². The van der Waals surface area contributed by atoms with E-state index in [-0.39, 0.29) is 5.25 Å². The molecular formula is C19H19ClN4OS2. The Labute approximate surface area is 171 Å². The fourth-order valence-electron chi connectivity index (χ4n) is 2.59. The van der Waals surface area contributed by atoms with Gasteiger partial charge in [-0.2, -0.15) is 4.37 Å². The van der Waals surface area contributed by atoms with E-state index >= 15 is 0 Å². The summed E-state index contributed by atoms with van der Waals surface area (Å²) in [6, 6.07) is 13.4. The van der Waals surface area contributed by atoms with Crippen molar-refractivity contribution in [1.29, 1.82) is 0 Å². The molecule has 8 heteroatoms. The maximum Gasteiger partial charge on any atom is 0.254 e. The Kier molecular flexibility index (Phi) is 6.36. The van der Waals surface area contributed by atoms with Crippen molar-refractivity contribution >= 4 is 51.6 Å². The van der Waals surface area contributed by atoms with Crippen LogP contribution in [0.1, 0.15) is 40.2 Å². The average molecular weight is 419 g/mol. The molecule has 0 spiro atoms. The number of thioether (sulfide) groups is 1. The first-order valence-corrected chi connectivity index (χ1v) is 10.4. The number of primary amides is 1. The van der Waals surface area contributed by atoms with Crippen molar-refractivity contribution in [2.24, 2.45) is 5.73 Å². The number of halogens is 1. The van der Waals surface area contributed by atoms with Gasteiger partial charge in [-0.15, -0.1) is 0 Å². The maximum atomic E-state index is 12.1.